The third-order valence-electron chi connectivity index (χ3n) is 3.91. The Balaban J connectivity index is 1.69. The topological polar surface area (TPSA) is 285 Å². The Kier molecular flexibility index (Phi) is 6.68. The van der Waals surface area contributed by atoms with Gasteiger partial charge in [0.15, 0.2) is 17.7 Å². The Morgan fingerprint density at radius 2 is 1.77 bits per heavy atom. The minimum absolute atomic E-state index is 0.0738. The van der Waals surface area contributed by atoms with Crippen molar-refractivity contribution in [2.24, 2.45) is 5.73 Å². The number of ether oxygens (including phenoxy) is 1. The van der Waals surface area contributed by atoms with Crippen molar-refractivity contribution in [3.63, 3.8) is 0 Å². The van der Waals surface area contributed by atoms with Gasteiger partial charge in [-0.2, -0.15) is 8.62 Å². The number of nitrogen functional groups attached to an aromatic ring is 1. The molecule has 1 fully saturated rings. The second-order valence-electron chi connectivity index (χ2n) is 6.10. The van der Waals surface area contributed by atoms with Crippen molar-refractivity contribution in [1.82, 2.24) is 19.5 Å². The molecule has 0 radical (unpaired) electrons. The van der Waals surface area contributed by atoms with Gasteiger partial charge in [-0.1, -0.05) is 0 Å². The maximum absolute atomic E-state index is 11.8. The molecule has 9 N–H and O–H groups in total. The first kappa shape index (κ1) is 24.3. The summed E-state index contributed by atoms with van der Waals surface area (Å²) < 4.78 is 52.3. The molecule has 0 spiro atoms. The van der Waals surface area contributed by atoms with Gasteiger partial charge in [0.05, 0.1) is 19.0 Å². The summed E-state index contributed by atoms with van der Waals surface area (Å²) >= 11 is 0. The summed E-state index contributed by atoms with van der Waals surface area (Å²) in [5, 5.41) is 10.4. The van der Waals surface area contributed by atoms with Gasteiger partial charge in [0.2, 0.25) is 0 Å². The minimum atomic E-state index is -5.67. The van der Waals surface area contributed by atoms with Crippen LogP contribution in [0, 0.1) is 0 Å². The zero-order valence-electron chi connectivity index (χ0n) is 15.1. The van der Waals surface area contributed by atoms with Crippen LogP contribution in [0.1, 0.15) is 6.23 Å². The average Bonchev–Trinajstić information content (AvgIpc) is 3.13. The number of imidazole rings is 1. The van der Waals surface area contributed by atoms with Crippen LogP contribution in [0.5, 0.6) is 0 Å². The Morgan fingerprint density at radius 1 is 1.10 bits per heavy atom. The van der Waals surface area contributed by atoms with Crippen LogP contribution in [-0.2, 0) is 31.6 Å². The number of nitrogens with zero attached hydrogens (tertiary/aromatic N) is 4. The quantitative estimate of drug-likeness (QED) is 0.197. The van der Waals surface area contributed by atoms with Crippen LogP contribution in [-0.4, -0.2) is 69.1 Å². The summed E-state index contributed by atoms with van der Waals surface area (Å²) in [7, 11) is -16.6. The van der Waals surface area contributed by atoms with Gasteiger partial charge >= 0.3 is 23.5 Å². The Bertz CT molecular complexity index is 1110. The third kappa shape index (κ3) is 5.71. The summed E-state index contributed by atoms with van der Waals surface area (Å²) in [4.78, 5) is 47.4. The van der Waals surface area contributed by atoms with Gasteiger partial charge in [0, 0.05) is 0 Å². The SMILES string of the molecule is Nc1ncnc2c1ncn2C1OC(COP(=O)(O)OP(=O)(O)OP(=O)(O)O)C(N)C1O. The van der Waals surface area contributed by atoms with E-state index in [1.54, 1.807) is 0 Å². The average molecular weight is 506 g/mol. The lowest BCUT2D eigenvalue weighted by Gasteiger charge is -2.19. The highest BCUT2D eigenvalue weighted by Gasteiger charge is 2.46. The van der Waals surface area contributed by atoms with Gasteiger partial charge in [-0.25, -0.2) is 28.6 Å². The largest absolute Gasteiger partial charge is 0.490 e. The highest BCUT2D eigenvalue weighted by atomic mass is 31.3. The number of phosphoric acid groups is 3. The van der Waals surface area contributed by atoms with Gasteiger partial charge in [-0.3, -0.25) is 9.09 Å². The lowest BCUT2D eigenvalue weighted by Crippen LogP contribution is -2.41. The van der Waals surface area contributed by atoms with Crippen molar-refractivity contribution in [2.75, 3.05) is 12.3 Å². The highest BCUT2D eigenvalue weighted by molar-refractivity contribution is 7.66. The second-order valence-corrected chi connectivity index (χ2v) is 10.5. The number of aromatic nitrogens is 4. The van der Waals surface area contributed by atoms with Crippen molar-refractivity contribution in [3.8, 4) is 0 Å². The number of rotatable bonds is 8. The monoisotopic (exact) mass is 506 g/mol. The number of hydrogen-bond acceptors (Lipinski definition) is 13. The molecule has 0 saturated carbocycles. The first-order chi connectivity index (χ1) is 14.2. The fourth-order valence-electron chi connectivity index (χ4n) is 2.67. The molecule has 3 rings (SSSR count). The molecule has 0 bridgehead atoms. The molecule has 0 amide bonds. The molecule has 6 unspecified atom stereocenters. The number of aliphatic hydroxyl groups excluding tert-OH is 1. The van der Waals surface area contributed by atoms with Crippen LogP contribution in [0.4, 0.5) is 5.82 Å². The van der Waals surface area contributed by atoms with E-state index in [9.17, 15) is 23.7 Å². The van der Waals surface area contributed by atoms with Gasteiger partial charge in [0.25, 0.3) is 0 Å². The van der Waals surface area contributed by atoms with E-state index in [0.717, 1.165) is 6.33 Å². The zero-order chi connectivity index (χ0) is 23.2. The van der Waals surface area contributed by atoms with Crippen LogP contribution >= 0.6 is 23.5 Å². The fourth-order valence-corrected chi connectivity index (χ4v) is 5.70. The van der Waals surface area contributed by atoms with Crippen molar-refractivity contribution in [2.45, 2.75) is 24.5 Å². The van der Waals surface area contributed by atoms with E-state index in [-0.39, 0.29) is 17.0 Å². The molecule has 3 heterocycles. The number of aliphatic hydroxyl groups is 1. The molecule has 174 valence electrons. The molecule has 1 saturated heterocycles. The second kappa shape index (κ2) is 8.53. The smallest absolute Gasteiger partial charge is 0.387 e. The summed E-state index contributed by atoms with van der Waals surface area (Å²) in [6, 6.07) is -1.17. The molecule has 6 atom stereocenters. The van der Waals surface area contributed by atoms with E-state index < -0.39 is 54.6 Å². The predicted molar refractivity (Wildman–Crippen MR) is 97.4 cm³/mol. The highest BCUT2D eigenvalue weighted by Crippen LogP contribution is 2.66. The van der Waals surface area contributed by atoms with Crippen molar-refractivity contribution in [3.05, 3.63) is 12.7 Å². The van der Waals surface area contributed by atoms with E-state index in [2.05, 4.69) is 28.1 Å². The third-order valence-corrected chi connectivity index (χ3v) is 7.71. The molecule has 0 aliphatic carbocycles. The molecule has 2 aromatic rings. The summed E-state index contributed by atoms with van der Waals surface area (Å²) in [5.74, 6) is 0.0738. The number of fused-ring (bicyclic) bond motifs is 1. The number of anilines is 1. The summed E-state index contributed by atoms with van der Waals surface area (Å²) in [5.41, 5.74) is 12.0. The lowest BCUT2D eigenvalue weighted by molar-refractivity contribution is -0.0482. The molecule has 31 heavy (non-hydrogen) atoms. The number of nitrogens with two attached hydrogens (primary N) is 2. The predicted octanol–water partition coefficient (Wildman–Crippen LogP) is -1.66. The number of phosphoric ester groups is 1. The van der Waals surface area contributed by atoms with Crippen LogP contribution < -0.4 is 11.5 Å². The molecule has 18 nitrogen and oxygen atoms in total. The van der Waals surface area contributed by atoms with Crippen molar-refractivity contribution < 1.29 is 56.3 Å². The molecule has 21 heteroatoms. The first-order valence-electron chi connectivity index (χ1n) is 7.99. The van der Waals surface area contributed by atoms with E-state index in [1.165, 1.54) is 10.9 Å². The molecule has 2 aromatic heterocycles. The van der Waals surface area contributed by atoms with Crippen molar-refractivity contribution in [1.29, 1.82) is 0 Å². The Labute approximate surface area is 172 Å². The van der Waals surface area contributed by atoms with Crippen LogP contribution in [0.25, 0.3) is 11.2 Å². The van der Waals surface area contributed by atoms with Gasteiger partial charge < -0.3 is 40.9 Å². The zero-order valence-corrected chi connectivity index (χ0v) is 17.7. The van der Waals surface area contributed by atoms with Crippen LogP contribution in [0.15, 0.2) is 12.7 Å². The fraction of sp³-hybridized carbons (Fsp3) is 0.500. The normalized spacial score (nSPS) is 28.5. The first-order valence-corrected chi connectivity index (χ1v) is 12.5. The molecule has 1 aliphatic heterocycles. The van der Waals surface area contributed by atoms with E-state index >= 15 is 0 Å². The van der Waals surface area contributed by atoms with E-state index in [0.29, 0.717) is 0 Å². The maximum atomic E-state index is 11.8. The minimum Gasteiger partial charge on any atom is -0.387 e. The van der Waals surface area contributed by atoms with Crippen molar-refractivity contribution >= 4 is 40.4 Å². The Morgan fingerprint density at radius 3 is 2.42 bits per heavy atom. The van der Waals surface area contributed by atoms with Crippen LogP contribution in [0.2, 0.25) is 0 Å². The standard InChI is InChI=1S/C10H17N6O12P3/c11-5-4(1-25-30(21,22)28-31(23,24)27-29(18,19)20)26-10(7(5)17)16-3-15-6-8(12)13-2-14-9(6)16/h2-5,7,10,17H,1,11H2,(H,21,22)(H,23,24)(H2,12,13,14)(H2,18,19,20). The van der Waals surface area contributed by atoms with Gasteiger partial charge in [-0.15, -0.1) is 0 Å². The van der Waals surface area contributed by atoms with Gasteiger partial charge in [-0.05, 0) is 0 Å². The number of hydrogen-bond donors (Lipinski definition) is 7. The van der Waals surface area contributed by atoms with E-state index in [1.807, 2.05) is 0 Å². The molecular weight excluding hydrogens is 489 g/mol. The maximum Gasteiger partial charge on any atom is 0.490 e. The Hall–Kier alpha value is -1.36. The molecular formula is C10H17N6O12P3. The lowest BCUT2D eigenvalue weighted by atomic mass is 10.1. The van der Waals surface area contributed by atoms with Crippen LogP contribution in [0.3, 0.4) is 0 Å². The van der Waals surface area contributed by atoms with Gasteiger partial charge in [0.1, 0.15) is 24.1 Å². The van der Waals surface area contributed by atoms with E-state index in [4.69, 9.17) is 30.9 Å². The molecule has 0 aromatic carbocycles. The summed E-state index contributed by atoms with van der Waals surface area (Å²) in [6.07, 6.45) is -1.36. The summed E-state index contributed by atoms with van der Waals surface area (Å²) in [6.45, 7) is -0.831. The molecule has 1 aliphatic rings.